The first-order chi connectivity index (χ1) is 7.99. The molecule has 0 saturated carbocycles. The largest absolute Gasteiger partial charge is 0.488 e. The average Bonchev–Trinajstić information content (AvgIpc) is 2.28. The molecule has 0 fully saturated rings. The first kappa shape index (κ1) is 14.0. The molecular weight excluding hydrogens is 214 g/mol. The molecule has 1 rings (SSSR count). The molecule has 3 heteroatoms. The van der Waals surface area contributed by atoms with Gasteiger partial charge in [0.2, 0.25) is 0 Å². The average molecular weight is 237 g/mol. The normalized spacial score (nSPS) is 14.7. The molecule has 1 aromatic rings. The van der Waals surface area contributed by atoms with Crippen LogP contribution in [0.2, 0.25) is 0 Å². The van der Waals surface area contributed by atoms with Gasteiger partial charge in [0.05, 0.1) is 6.10 Å². The molecule has 1 aromatic carbocycles. The van der Waals surface area contributed by atoms with E-state index in [-0.39, 0.29) is 6.10 Å². The van der Waals surface area contributed by atoms with Crippen LogP contribution in [-0.2, 0) is 6.54 Å². The molecule has 17 heavy (non-hydrogen) atoms. The van der Waals surface area contributed by atoms with Crippen LogP contribution in [-0.4, -0.2) is 23.4 Å². The molecule has 2 atom stereocenters. The monoisotopic (exact) mass is 237 g/mol. The van der Waals surface area contributed by atoms with Crippen molar-refractivity contribution in [3.8, 4) is 5.75 Å². The number of rotatable bonds is 6. The molecule has 0 radical (unpaired) electrons. The van der Waals surface area contributed by atoms with Gasteiger partial charge in [0.25, 0.3) is 0 Å². The van der Waals surface area contributed by atoms with Crippen molar-refractivity contribution in [3.63, 3.8) is 0 Å². The zero-order chi connectivity index (χ0) is 12.8. The Kier molecular flexibility index (Phi) is 5.45. The zero-order valence-corrected chi connectivity index (χ0v) is 11.1. The number of benzene rings is 1. The lowest BCUT2D eigenvalue weighted by molar-refractivity contribution is 0.0604. The van der Waals surface area contributed by atoms with Gasteiger partial charge in [-0.1, -0.05) is 26.0 Å². The van der Waals surface area contributed by atoms with Crippen LogP contribution in [0.15, 0.2) is 24.3 Å². The van der Waals surface area contributed by atoms with E-state index in [0.717, 1.165) is 12.3 Å². The summed E-state index contributed by atoms with van der Waals surface area (Å²) in [6.07, 6.45) is -0.646. The lowest BCUT2D eigenvalue weighted by Crippen LogP contribution is -2.25. The minimum absolute atomic E-state index is 0.186. The van der Waals surface area contributed by atoms with Crippen molar-refractivity contribution in [1.29, 1.82) is 0 Å². The fourth-order valence-corrected chi connectivity index (χ4v) is 1.32. The minimum Gasteiger partial charge on any atom is -0.488 e. The predicted molar refractivity (Wildman–Crippen MR) is 70.2 cm³/mol. The van der Waals surface area contributed by atoms with E-state index in [4.69, 9.17) is 4.74 Å². The third-order valence-corrected chi connectivity index (χ3v) is 2.64. The maximum atomic E-state index is 9.35. The van der Waals surface area contributed by atoms with E-state index >= 15 is 0 Å². The molecule has 0 aliphatic carbocycles. The van der Waals surface area contributed by atoms with Crippen LogP contribution in [0.3, 0.4) is 0 Å². The van der Waals surface area contributed by atoms with Gasteiger partial charge in [-0.15, -0.1) is 0 Å². The summed E-state index contributed by atoms with van der Waals surface area (Å²) in [6, 6.07) is 8.45. The van der Waals surface area contributed by atoms with Gasteiger partial charge in [-0.25, -0.2) is 0 Å². The number of hydrogen-bond donors (Lipinski definition) is 2. The fraction of sp³-hybridized carbons (Fsp3) is 0.571. The fourth-order valence-electron chi connectivity index (χ4n) is 1.32. The van der Waals surface area contributed by atoms with Crippen LogP contribution >= 0.6 is 0 Å². The van der Waals surface area contributed by atoms with Gasteiger partial charge in [0.1, 0.15) is 11.9 Å². The van der Waals surface area contributed by atoms with Gasteiger partial charge >= 0.3 is 0 Å². The minimum atomic E-state index is -0.461. The third-order valence-electron chi connectivity index (χ3n) is 2.64. The highest BCUT2D eigenvalue weighted by Gasteiger charge is 2.09. The predicted octanol–water partition coefficient (Wildman–Crippen LogP) is 2.33. The van der Waals surface area contributed by atoms with Gasteiger partial charge in [0, 0.05) is 12.6 Å². The van der Waals surface area contributed by atoms with Crippen LogP contribution in [0.25, 0.3) is 0 Å². The van der Waals surface area contributed by atoms with E-state index in [1.807, 2.05) is 31.2 Å². The Morgan fingerprint density at radius 2 is 1.71 bits per heavy atom. The summed E-state index contributed by atoms with van der Waals surface area (Å²) in [5.74, 6) is 0.798. The van der Waals surface area contributed by atoms with Crippen LogP contribution in [0.5, 0.6) is 5.75 Å². The first-order valence-corrected chi connectivity index (χ1v) is 6.16. The van der Waals surface area contributed by atoms with Gasteiger partial charge in [-0.2, -0.15) is 0 Å². The van der Waals surface area contributed by atoms with Gasteiger partial charge in [-0.3, -0.25) is 0 Å². The second-order valence-electron chi connectivity index (χ2n) is 4.74. The lowest BCUT2D eigenvalue weighted by atomic mass is 10.2. The Hall–Kier alpha value is -1.06. The smallest absolute Gasteiger partial charge is 0.121 e. The zero-order valence-electron chi connectivity index (χ0n) is 11.1. The summed E-state index contributed by atoms with van der Waals surface area (Å²) in [5.41, 5.74) is 1.23. The molecule has 0 saturated heterocycles. The van der Waals surface area contributed by atoms with E-state index in [1.165, 1.54) is 5.56 Å². The van der Waals surface area contributed by atoms with Crippen molar-refractivity contribution >= 4 is 0 Å². The topological polar surface area (TPSA) is 41.5 Å². The summed E-state index contributed by atoms with van der Waals surface area (Å²) in [7, 11) is 0. The summed E-state index contributed by atoms with van der Waals surface area (Å²) in [5, 5.41) is 12.7. The van der Waals surface area contributed by atoms with E-state index in [0.29, 0.717) is 6.04 Å². The van der Waals surface area contributed by atoms with Crippen molar-refractivity contribution in [1.82, 2.24) is 5.32 Å². The molecule has 0 amide bonds. The van der Waals surface area contributed by atoms with Crippen molar-refractivity contribution in [2.75, 3.05) is 0 Å². The van der Waals surface area contributed by atoms with Crippen LogP contribution < -0.4 is 10.1 Å². The molecule has 2 N–H and O–H groups in total. The molecular formula is C14H23NO2. The number of ether oxygens (including phenoxy) is 1. The van der Waals surface area contributed by atoms with Crippen LogP contribution in [0, 0.1) is 0 Å². The van der Waals surface area contributed by atoms with Crippen molar-refractivity contribution in [2.45, 2.75) is 52.5 Å². The SMILES string of the molecule is CC(C)NCc1ccc(OC(C)C(C)O)cc1. The second-order valence-corrected chi connectivity index (χ2v) is 4.74. The lowest BCUT2D eigenvalue weighted by Gasteiger charge is -2.17. The molecule has 0 aliphatic rings. The Morgan fingerprint density at radius 3 is 2.18 bits per heavy atom. The Balaban J connectivity index is 2.50. The Bertz CT molecular complexity index is 319. The highest BCUT2D eigenvalue weighted by atomic mass is 16.5. The Morgan fingerprint density at radius 1 is 1.12 bits per heavy atom. The van der Waals surface area contributed by atoms with Crippen molar-refractivity contribution in [2.24, 2.45) is 0 Å². The maximum absolute atomic E-state index is 9.35. The molecule has 0 bridgehead atoms. The van der Waals surface area contributed by atoms with Gasteiger partial charge in [0.15, 0.2) is 0 Å². The summed E-state index contributed by atoms with van der Waals surface area (Å²) in [6.45, 7) is 8.71. The third kappa shape index (κ3) is 5.20. The van der Waals surface area contributed by atoms with Crippen LogP contribution in [0.1, 0.15) is 33.3 Å². The molecule has 96 valence electrons. The standard InChI is InChI=1S/C14H23NO2/c1-10(2)15-9-13-5-7-14(8-6-13)17-12(4)11(3)16/h5-8,10-12,15-16H,9H2,1-4H3. The highest BCUT2D eigenvalue weighted by molar-refractivity contribution is 5.27. The first-order valence-electron chi connectivity index (χ1n) is 6.16. The number of hydrogen-bond acceptors (Lipinski definition) is 3. The second kappa shape index (κ2) is 6.62. The van der Waals surface area contributed by atoms with Gasteiger partial charge in [-0.05, 0) is 31.5 Å². The highest BCUT2D eigenvalue weighted by Crippen LogP contribution is 2.15. The molecule has 0 heterocycles. The van der Waals surface area contributed by atoms with Crippen molar-refractivity contribution < 1.29 is 9.84 Å². The molecule has 2 unspecified atom stereocenters. The number of aliphatic hydroxyl groups is 1. The van der Waals surface area contributed by atoms with E-state index in [9.17, 15) is 5.11 Å². The van der Waals surface area contributed by atoms with E-state index in [2.05, 4.69) is 19.2 Å². The van der Waals surface area contributed by atoms with Crippen LogP contribution in [0.4, 0.5) is 0 Å². The Labute approximate surface area is 104 Å². The molecule has 0 aromatic heterocycles. The van der Waals surface area contributed by atoms with Crippen molar-refractivity contribution in [3.05, 3.63) is 29.8 Å². The molecule has 0 aliphatic heterocycles. The quantitative estimate of drug-likeness (QED) is 0.798. The van der Waals surface area contributed by atoms with E-state index in [1.54, 1.807) is 6.92 Å². The summed E-state index contributed by atoms with van der Waals surface area (Å²) < 4.78 is 5.59. The number of aliphatic hydroxyl groups excluding tert-OH is 1. The number of nitrogens with one attached hydrogen (secondary N) is 1. The maximum Gasteiger partial charge on any atom is 0.121 e. The molecule has 3 nitrogen and oxygen atoms in total. The van der Waals surface area contributed by atoms with Gasteiger partial charge < -0.3 is 15.2 Å². The van der Waals surface area contributed by atoms with E-state index < -0.39 is 6.10 Å². The summed E-state index contributed by atoms with van der Waals surface area (Å²) in [4.78, 5) is 0. The molecule has 0 spiro atoms. The summed E-state index contributed by atoms with van der Waals surface area (Å²) >= 11 is 0.